The first-order chi connectivity index (χ1) is 13.1. The summed E-state index contributed by atoms with van der Waals surface area (Å²) in [6.45, 7) is 0. The van der Waals surface area contributed by atoms with Gasteiger partial charge in [-0.2, -0.15) is 12.8 Å². The highest BCUT2D eigenvalue weighted by Gasteiger charge is 2.59. The first-order valence-electron chi connectivity index (χ1n) is 8.08. The molecular formula is C17H16ClNO7S2. The van der Waals surface area contributed by atoms with Crippen LogP contribution < -0.4 is 4.74 Å². The standard InChI is InChI=1S/C17H16ClNO7S2/c18-19-16(17(19)28(24,25)14-4-2-1-3-5-14)26-13-8-6-12(7-9-13)15(20)10-11-27(21,22)23/h1-9,16-17H,10-11H2,(H,21,22,23). The van der Waals surface area contributed by atoms with E-state index in [0.29, 0.717) is 5.75 Å². The van der Waals surface area contributed by atoms with E-state index in [0.717, 1.165) is 4.42 Å². The van der Waals surface area contributed by atoms with Gasteiger partial charge in [-0.1, -0.05) is 18.2 Å². The molecule has 1 heterocycles. The molecule has 0 radical (unpaired) electrons. The molecule has 3 atom stereocenters. The molecule has 0 saturated carbocycles. The average molecular weight is 446 g/mol. The van der Waals surface area contributed by atoms with Crippen molar-refractivity contribution in [1.29, 1.82) is 0 Å². The van der Waals surface area contributed by atoms with Gasteiger partial charge in [-0.15, -0.1) is 0 Å². The second-order valence-corrected chi connectivity index (χ2v) is 10.1. The highest BCUT2D eigenvalue weighted by molar-refractivity contribution is 7.92. The lowest BCUT2D eigenvalue weighted by molar-refractivity contribution is 0.0988. The van der Waals surface area contributed by atoms with Gasteiger partial charge in [0, 0.05) is 12.0 Å². The number of rotatable bonds is 8. The van der Waals surface area contributed by atoms with Crippen LogP contribution >= 0.6 is 11.8 Å². The molecule has 3 rings (SSSR count). The van der Waals surface area contributed by atoms with Gasteiger partial charge in [-0.3, -0.25) is 9.35 Å². The third-order valence-corrected chi connectivity index (χ3v) is 7.31. The van der Waals surface area contributed by atoms with Crippen LogP contribution in [0.3, 0.4) is 0 Å². The number of hydrogen-bond donors (Lipinski definition) is 1. The Labute approximate surface area is 167 Å². The van der Waals surface area contributed by atoms with E-state index in [1.165, 1.54) is 36.4 Å². The summed E-state index contributed by atoms with van der Waals surface area (Å²) in [5, 5.41) is -1.03. The van der Waals surface area contributed by atoms with Crippen LogP contribution in [0.5, 0.6) is 5.75 Å². The number of halogens is 1. The fourth-order valence-electron chi connectivity index (χ4n) is 2.54. The van der Waals surface area contributed by atoms with Crippen LogP contribution in [-0.4, -0.2) is 48.9 Å². The molecule has 1 saturated heterocycles. The van der Waals surface area contributed by atoms with E-state index >= 15 is 0 Å². The van der Waals surface area contributed by atoms with E-state index < -0.39 is 43.1 Å². The normalized spacial score (nSPS) is 21.9. The molecular weight excluding hydrogens is 430 g/mol. The second-order valence-electron chi connectivity index (χ2n) is 6.08. The lowest BCUT2D eigenvalue weighted by Gasteiger charge is -2.06. The summed E-state index contributed by atoms with van der Waals surface area (Å²) in [5.74, 6) is -0.821. The van der Waals surface area contributed by atoms with Crippen LogP contribution in [0.2, 0.25) is 0 Å². The summed E-state index contributed by atoms with van der Waals surface area (Å²) in [4.78, 5) is 12.0. The largest absolute Gasteiger partial charge is 0.471 e. The van der Waals surface area contributed by atoms with Crippen molar-refractivity contribution >= 4 is 37.5 Å². The molecule has 1 fully saturated rings. The van der Waals surface area contributed by atoms with Gasteiger partial charge < -0.3 is 4.74 Å². The van der Waals surface area contributed by atoms with Gasteiger partial charge in [0.05, 0.1) is 10.6 Å². The number of ether oxygens (including phenoxy) is 1. The molecule has 1 aliphatic rings. The fourth-order valence-corrected chi connectivity index (χ4v) is 5.18. The lowest BCUT2D eigenvalue weighted by Crippen LogP contribution is -2.14. The Balaban J connectivity index is 1.64. The van der Waals surface area contributed by atoms with Gasteiger partial charge >= 0.3 is 0 Å². The van der Waals surface area contributed by atoms with E-state index in [2.05, 4.69) is 0 Å². The minimum Gasteiger partial charge on any atom is -0.471 e. The van der Waals surface area contributed by atoms with E-state index in [1.807, 2.05) is 0 Å². The average Bonchev–Trinajstić information content (AvgIpc) is 3.30. The van der Waals surface area contributed by atoms with Crippen molar-refractivity contribution in [3.8, 4) is 5.75 Å². The van der Waals surface area contributed by atoms with Crippen LogP contribution in [0.1, 0.15) is 16.8 Å². The zero-order valence-electron chi connectivity index (χ0n) is 14.3. The smallest absolute Gasteiger partial charge is 0.265 e. The van der Waals surface area contributed by atoms with E-state index in [-0.39, 0.29) is 16.9 Å². The molecule has 0 amide bonds. The van der Waals surface area contributed by atoms with Crippen molar-refractivity contribution in [2.24, 2.45) is 0 Å². The number of benzene rings is 2. The highest BCUT2D eigenvalue weighted by atomic mass is 35.5. The number of nitrogens with zero attached hydrogens (tertiary/aromatic N) is 1. The lowest BCUT2D eigenvalue weighted by atomic mass is 10.1. The quantitative estimate of drug-likeness (QED) is 0.284. The molecule has 2 aromatic rings. The molecule has 2 aromatic carbocycles. The minimum absolute atomic E-state index is 0.136. The Morgan fingerprint density at radius 3 is 2.21 bits per heavy atom. The SMILES string of the molecule is O=C(CCS(=O)(=O)O)c1ccc(OC2C(S(=O)(=O)c3ccccc3)N2Cl)cc1. The molecule has 0 bridgehead atoms. The predicted molar refractivity (Wildman–Crippen MR) is 101 cm³/mol. The van der Waals surface area contributed by atoms with Gasteiger partial charge in [-0.05, 0) is 48.2 Å². The number of Topliss-reactive ketones (excluding diaryl/α,β-unsaturated/α-hetero) is 1. The number of ketones is 1. The first kappa shape index (κ1) is 20.7. The molecule has 150 valence electrons. The van der Waals surface area contributed by atoms with E-state index in [9.17, 15) is 21.6 Å². The third kappa shape index (κ3) is 4.70. The van der Waals surface area contributed by atoms with Crippen molar-refractivity contribution in [2.45, 2.75) is 22.9 Å². The highest BCUT2D eigenvalue weighted by Crippen LogP contribution is 2.39. The zero-order valence-corrected chi connectivity index (χ0v) is 16.7. The Kier molecular flexibility index (Phi) is 5.78. The molecule has 3 unspecified atom stereocenters. The maximum absolute atomic E-state index is 12.6. The Bertz CT molecular complexity index is 1070. The van der Waals surface area contributed by atoms with Gasteiger partial charge in [0.1, 0.15) is 5.75 Å². The molecule has 0 aliphatic carbocycles. The third-order valence-electron chi connectivity index (χ3n) is 4.05. The van der Waals surface area contributed by atoms with Crippen molar-refractivity contribution in [1.82, 2.24) is 4.42 Å². The van der Waals surface area contributed by atoms with E-state index in [4.69, 9.17) is 21.1 Å². The number of hydrogen-bond acceptors (Lipinski definition) is 7. The summed E-state index contributed by atoms with van der Waals surface area (Å²) in [6.07, 6.45) is -1.23. The molecule has 8 nitrogen and oxygen atoms in total. The number of carbonyl (C=O) groups excluding carboxylic acids is 1. The fraction of sp³-hybridized carbons (Fsp3) is 0.235. The van der Waals surface area contributed by atoms with Crippen molar-refractivity contribution in [3.63, 3.8) is 0 Å². The maximum atomic E-state index is 12.6. The molecule has 1 aliphatic heterocycles. The Morgan fingerprint density at radius 1 is 1.04 bits per heavy atom. The minimum atomic E-state index is -4.21. The van der Waals surface area contributed by atoms with Crippen LogP contribution in [0.4, 0.5) is 0 Å². The van der Waals surface area contributed by atoms with Gasteiger partial charge in [0.2, 0.25) is 9.84 Å². The molecule has 11 heteroatoms. The van der Waals surface area contributed by atoms with Crippen LogP contribution in [0, 0.1) is 0 Å². The number of carbonyl (C=O) groups is 1. The summed E-state index contributed by atoms with van der Waals surface area (Å²) in [7, 11) is -7.91. The van der Waals surface area contributed by atoms with Crippen LogP contribution in [0.25, 0.3) is 0 Å². The zero-order chi connectivity index (χ0) is 20.5. The second kappa shape index (κ2) is 7.80. The van der Waals surface area contributed by atoms with Crippen LogP contribution in [-0.2, 0) is 20.0 Å². The Morgan fingerprint density at radius 2 is 1.64 bits per heavy atom. The monoisotopic (exact) mass is 445 g/mol. The van der Waals surface area contributed by atoms with Gasteiger partial charge in [0.25, 0.3) is 10.1 Å². The topological polar surface area (TPSA) is 118 Å². The van der Waals surface area contributed by atoms with Gasteiger partial charge in [0.15, 0.2) is 17.4 Å². The van der Waals surface area contributed by atoms with Gasteiger partial charge in [-0.25, -0.2) is 8.42 Å². The molecule has 0 aromatic heterocycles. The summed E-state index contributed by atoms with van der Waals surface area (Å²) < 4.78 is 61.9. The molecule has 28 heavy (non-hydrogen) atoms. The Hall–Kier alpha value is -1.98. The van der Waals surface area contributed by atoms with Crippen molar-refractivity contribution in [3.05, 3.63) is 60.2 Å². The van der Waals surface area contributed by atoms with Crippen molar-refractivity contribution < 1.29 is 30.9 Å². The molecule has 0 spiro atoms. The van der Waals surface area contributed by atoms with Crippen LogP contribution in [0.15, 0.2) is 59.5 Å². The predicted octanol–water partition coefficient (Wildman–Crippen LogP) is 2.12. The summed E-state index contributed by atoms with van der Waals surface area (Å²) >= 11 is 5.96. The first-order valence-corrected chi connectivity index (χ1v) is 11.6. The van der Waals surface area contributed by atoms with E-state index in [1.54, 1.807) is 18.2 Å². The number of sulfone groups is 1. The maximum Gasteiger partial charge on any atom is 0.265 e. The summed E-state index contributed by atoms with van der Waals surface area (Å²) in [5.41, 5.74) is 0.239. The van der Waals surface area contributed by atoms with Crippen molar-refractivity contribution in [2.75, 3.05) is 5.75 Å². The summed E-state index contributed by atoms with van der Waals surface area (Å²) in [6, 6.07) is 13.6. The molecule has 1 N–H and O–H groups in total.